The summed E-state index contributed by atoms with van der Waals surface area (Å²) in [6.45, 7) is 15.4. The van der Waals surface area contributed by atoms with Gasteiger partial charge >= 0.3 is 0 Å². The molecule has 4 nitrogen and oxygen atoms in total. The van der Waals surface area contributed by atoms with E-state index < -0.39 is 0 Å². The first-order valence-electron chi connectivity index (χ1n) is 6.71. The molecule has 0 radical (unpaired) electrons. The van der Waals surface area contributed by atoms with Crippen LogP contribution >= 0.6 is 0 Å². The van der Waals surface area contributed by atoms with Gasteiger partial charge in [-0.2, -0.15) is 5.12 Å². The lowest BCUT2D eigenvalue weighted by Crippen LogP contribution is -2.63. The van der Waals surface area contributed by atoms with Gasteiger partial charge in [0.1, 0.15) is 0 Å². The van der Waals surface area contributed by atoms with Crippen LogP contribution in [0, 0.1) is 0 Å². The Kier molecular flexibility index (Phi) is 7.24. The molecule has 0 bridgehead atoms. The molecule has 0 rings (SSSR count). The Morgan fingerprint density at radius 2 is 1.18 bits per heavy atom. The topological polar surface area (TPSA) is 13.0 Å². The van der Waals surface area contributed by atoms with E-state index in [0.717, 1.165) is 26.2 Å². The predicted octanol–water partition coefficient (Wildman–Crippen LogP) is 1.75. The normalized spacial score (nSPS) is 13.4. The molecular formula is C13H32N4. The Morgan fingerprint density at radius 3 is 1.47 bits per heavy atom. The van der Waals surface area contributed by atoms with Crippen molar-refractivity contribution in [1.29, 1.82) is 0 Å². The van der Waals surface area contributed by atoms with Crippen molar-refractivity contribution < 1.29 is 0 Å². The summed E-state index contributed by atoms with van der Waals surface area (Å²) in [6.07, 6.45) is 0. The first kappa shape index (κ1) is 16.8. The van der Waals surface area contributed by atoms with E-state index in [0.29, 0.717) is 0 Å². The lowest BCUT2D eigenvalue weighted by atomic mass is 10.1. The van der Waals surface area contributed by atoms with Gasteiger partial charge in [-0.3, -0.25) is 0 Å². The van der Waals surface area contributed by atoms with E-state index in [1.807, 2.05) is 0 Å². The highest BCUT2D eigenvalue weighted by atomic mass is 15.9. The van der Waals surface area contributed by atoms with Gasteiger partial charge in [0.05, 0.1) is 5.54 Å². The van der Waals surface area contributed by atoms with Crippen LogP contribution in [0.3, 0.4) is 0 Å². The van der Waals surface area contributed by atoms with Crippen molar-refractivity contribution >= 4 is 0 Å². The molecule has 0 aliphatic carbocycles. The molecule has 0 fully saturated rings. The summed E-state index contributed by atoms with van der Waals surface area (Å²) in [4.78, 5) is 2.36. The Bertz CT molecular complexity index is 196. The van der Waals surface area contributed by atoms with E-state index in [1.165, 1.54) is 0 Å². The van der Waals surface area contributed by atoms with E-state index >= 15 is 0 Å². The van der Waals surface area contributed by atoms with Crippen molar-refractivity contribution in [3.8, 4) is 0 Å². The molecule has 0 aromatic carbocycles. The summed E-state index contributed by atoms with van der Waals surface area (Å²) < 4.78 is 0. The average Bonchev–Trinajstić information content (AvgIpc) is 2.27. The van der Waals surface area contributed by atoms with Gasteiger partial charge < -0.3 is 4.90 Å². The van der Waals surface area contributed by atoms with E-state index in [4.69, 9.17) is 0 Å². The zero-order chi connectivity index (χ0) is 13.6. The van der Waals surface area contributed by atoms with E-state index in [9.17, 15) is 0 Å². The second kappa shape index (κ2) is 7.31. The molecule has 4 heteroatoms. The maximum atomic E-state index is 2.37. The van der Waals surface area contributed by atoms with Crippen LogP contribution in [0.15, 0.2) is 0 Å². The molecule has 0 aromatic rings. The summed E-state index contributed by atoms with van der Waals surface area (Å²) in [6, 6.07) is 0. The molecule has 0 unspecified atom stereocenters. The highest BCUT2D eigenvalue weighted by molar-refractivity contribution is 4.81. The average molecular weight is 244 g/mol. The molecule has 0 saturated carbocycles. The van der Waals surface area contributed by atoms with Gasteiger partial charge in [0.15, 0.2) is 0 Å². The second-order valence-electron chi connectivity index (χ2n) is 5.38. The van der Waals surface area contributed by atoms with E-state index in [1.54, 1.807) is 0 Å². The summed E-state index contributed by atoms with van der Waals surface area (Å²) in [5, 5.41) is 6.94. The largest absolute Gasteiger partial charge is 0.305 e. The molecule has 0 aliphatic rings. The Balaban J connectivity index is 4.87. The van der Waals surface area contributed by atoms with E-state index in [-0.39, 0.29) is 5.54 Å². The van der Waals surface area contributed by atoms with Gasteiger partial charge in [-0.25, -0.2) is 10.0 Å². The van der Waals surface area contributed by atoms with Crippen LogP contribution < -0.4 is 0 Å². The second-order valence-corrected chi connectivity index (χ2v) is 5.38. The smallest absolute Gasteiger partial charge is 0.0584 e. The van der Waals surface area contributed by atoms with Crippen LogP contribution in [0.5, 0.6) is 0 Å². The highest BCUT2D eigenvalue weighted by Gasteiger charge is 2.32. The third kappa shape index (κ3) is 4.92. The van der Waals surface area contributed by atoms with Gasteiger partial charge in [-0.1, -0.05) is 20.8 Å². The molecule has 0 N–H and O–H groups in total. The van der Waals surface area contributed by atoms with Gasteiger partial charge in [-0.05, 0) is 27.4 Å². The van der Waals surface area contributed by atoms with Gasteiger partial charge in [0.25, 0.3) is 0 Å². The maximum absolute atomic E-state index is 2.37. The monoisotopic (exact) mass is 244 g/mol. The zero-order valence-electron chi connectivity index (χ0n) is 13.1. The third-order valence-electron chi connectivity index (χ3n) is 3.30. The number of hydrazine groups is 2. The highest BCUT2D eigenvalue weighted by Crippen LogP contribution is 2.19. The van der Waals surface area contributed by atoms with Gasteiger partial charge in [-0.15, -0.1) is 0 Å². The first-order valence-corrected chi connectivity index (χ1v) is 6.71. The molecule has 0 spiro atoms. The number of hydrogen-bond donors (Lipinski definition) is 0. The fraction of sp³-hybridized carbons (Fsp3) is 1.00. The third-order valence-corrected chi connectivity index (χ3v) is 3.30. The summed E-state index contributed by atoms with van der Waals surface area (Å²) in [7, 11) is 6.48. The molecule has 0 aliphatic heterocycles. The zero-order valence-corrected chi connectivity index (χ0v) is 13.1. The number of hydrogen-bond acceptors (Lipinski definition) is 4. The van der Waals surface area contributed by atoms with Gasteiger partial charge in [0.2, 0.25) is 0 Å². The Hall–Kier alpha value is -0.160. The van der Waals surface area contributed by atoms with Crippen LogP contribution in [0.4, 0.5) is 0 Å². The molecule has 0 aromatic heterocycles. The van der Waals surface area contributed by atoms with Crippen LogP contribution in [0.2, 0.25) is 0 Å². The maximum Gasteiger partial charge on any atom is 0.0584 e. The lowest BCUT2D eigenvalue weighted by molar-refractivity contribution is -0.219. The van der Waals surface area contributed by atoms with Crippen molar-refractivity contribution in [3.63, 3.8) is 0 Å². The fourth-order valence-electron chi connectivity index (χ4n) is 2.29. The molecule has 0 atom stereocenters. The molecule has 17 heavy (non-hydrogen) atoms. The lowest BCUT2D eigenvalue weighted by Gasteiger charge is -2.49. The van der Waals surface area contributed by atoms with Crippen molar-refractivity contribution in [2.45, 2.75) is 40.2 Å². The SMILES string of the molecule is CCN(C)CC(C)(C)N(N(C)CC)N(C)CC. The quantitative estimate of drug-likeness (QED) is 0.603. The van der Waals surface area contributed by atoms with Gasteiger partial charge in [0, 0.05) is 33.7 Å². The number of likely N-dealkylation sites (N-methyl/N-ethyl adjacent to an activating group) is 1. The summed E-state index contributed by atoms with van der Waals surface area (Å²) in [5.41, 5.74) is 0.0975. The van der Waals surface area contributed by atoms with Crippen LogP contribution in [0.25, 0.3) is 0 Å². The Morgan fingerprint density at radius 1 is 0.765 bits per heavy atom. The minimum absolute atomic E-state index is 0.0975. The molecule has 0 amide bonds. The van der Waals surface area contributed by atoms with E-state index in [2.05, 4.69) is 75.8 Å². The minimum atomic E-state index is 0.0975. The number of nitrogens with zero attached hydrogens (tertiary/aromatic N) is 4. The van der Waals surface area contributed by atoms with Crippen LogP contribution in [-0.2, 0) is 0 Å². The summed E-state index contributed by atoms with van der Waals surface area (Å²) in [5.74, 6) is 0. The van der Waals surface area contributed by atoms with Crippen molar-refractivity contribution in [2.75, 3.05) is 47.3 Å². The summed E-state index contributed by atoms with van der Waals surface area (Å²) >= 11 is 0. The van der Waals surface area contributed by atoms with Crippen LogP contribution in [0.1, 0.15) is 34.6 Å². The molecule has 0 heterocycles. The number of rotatable bonds is 8. The minimum Gasteiger partial charge on any atom is -0.305 e. The molecule has 104 valence electrons. The van der Waals surface area contributed by atoms with Crippen LogP contribution in [-0.4, -0.2) is 72.9 Å². The van der Waals surface area contributed by atoms with Crippen molar-refractivity contribution in [3.05, 3.63) is 0 Å². The fourth-order valence-corrected chi connectivity index (χ4v) is 2.29. The Labute approximate surface area is 108 Å². The molecular weight excluding hydrogens is 212 g/mol. The first-order chi connectivity index (χ1) is 7.80. The predicted molar refractivity (Wildman–Crippen MR) is 75.7 cm³/mol. The standard InChI is InChI=1S/C13H32N4/c1-9-14(6)12-13(4,5)17(15(7)10-2)16(8)11-3/h9-12H2,1-8H3. The van der Waals surface area contributed by atoms with Crippen molar-refractivity contribution in [2.24, 2.45) is 0 Å². The molecule has 0 saturated heterocycles. The van der Waals surface area contributed by atoms with Crippen molar-refractivity contribution in [1.82, 2.24) is 20.0 Å².